The van der Waals surface area contributed by atoms with Crippen LogP contribution in [-0.2, 0) is 30.4 Å². The van der Waals surface area contributed by atoms with E-state index in [9.17, 15) is 18.0 Å². The highest BCUT2D eigenvalue weighted by atomic mass is 19.4. The molecule has 0 saturated carbocycles. The number of aryl methyl sites for hydroxylation is 1. The van der Waals surface area contributed by atoms with Crippen LogP contribution in [0.4, 0.5) is 13.2 Å². The predicted octanol–water partition coefficient (Wildman–Crippen LogP) is 3.44. The number of nitrogens with zero attached hydrogens (tertiary/aromatic N) is 4. The Morgan fingerprint density at radius 2 is 2.07 bits per heavy atom. The van der Waals surface area contributed by atoms with Gasteiger partial charge >= 0.3 is 6.18 Å². The summed E-state index contributed by atoms with van der Waals surface area (Å²) in [5.74, 6) is 0.433. The highest BCUT2D eigenvalue weighted by Crippen LogP contribution is 2.36. The Balaban J connectivity index is 1.58. The third-order valence-corrected chi connectivity index (χ3v) is 5.37. The number of carbonyl (C=O) groups is 1. The zero-order valence-electron chi connectivity index (χ0n) is 15.1. The summed E-state index contributed by atoms with van der Waals surface area (Å²) in [4.78, 5) is 14.6. The third-order valence-electron chi connectivity index (χ3n) is 5.37. The van der Waals surface area contributed by atoms with Crippen molar-refractivity contribution in [3.63, 3.8) is 0 Å². The van der Waals surface area contributed by atoms with E-state index >= 15 is 0 Å². The van der Waals surface area contributed by atoms with E-state index in [1.807, 2.05) is 0 Å². The van der Waals surface area contributed by atoms with Crippen LogP contribution in [0.3, 0.4) is 0 Å². The van der Waals surface area contributed by atoms with E-state index in [-0.39, 0.29) is 24.1 Å². The summed E-state index contributed by atoms with van der Waals surface area (Å²) in [5, 5.41) is 7.79. The zero-order chi connectivity index (χ0) is 19.2. The van der Waals surface area contributed by atoms with Crippen LogP contribution in [0, 0.1) is 6.92 Å². The van der Waals surface area contributed by atoms with Crippen LogP contribution in [0.25, 0.3) is 0 Å². The first-order valence-corrected chi connectivity index (χ1v) is 9.23. The van der Waals surface area contributed by atoms with Gasteiger partial charge in [0.2, 0.25) is 5.91 Å². The fourth-order valence-corrected chi connectivity index (χ4v) is 4.16. The van der Waals surface area contributed by atoms with Gasteiger partial charge in [0.15, 0.2) is 5.69 Å². The third kappa shape index (κ3) is 3.35. The maximum Gasteiger partial charge on any atom is 0.435 e. The molecule has 3 heterocycles. The molecule has 1 aliphatic carbocycles. The van der Waals surface area contributed by atoms with Gasteiger partial charge < -0.3 is 9.42 Å². The number of aromatic nitrogens is 3. The smallest absolute Gasteiger partial charge is 0.361 e. The van der Waals surface area contributed by atoms with Crippen molar-refractivity contribution >= 4 is 5.91 Å². The average molecular weight is 382 g/mol. The van der Waals surface area contributed by atoms with Crippen molar-refractivity contribution in [2.75, 3.05) is 6.54 Å². The van der Waals surface area contributed by atoms with E-state index in [0.717, 1.165) is 25.7 Å². The fraction of sp³-hybridized carbons (Fsp3) is 0.611. The molecular weight excluding hydrogens is 361 g/mol. The SMILES string of the molecule is Cc1cc([C@H]2CCCN2C(=O)Cn2nc(C(F)(F)F)c3c2CCCC3)no1. The van der Waals surface area contributed by atoms with Gasteiger partial charge in [-0.25, -0.2) is 0 Å². The maximum atomic E-state index is 13.3. The Morgan fingerprint density at radius 1 is 1.30 bits per heavy atom. The standard InChI is InChI=1S/C18H21F3N4O2/c1-11-9-13(23-27-11)15-7-4-8-24(15)16(26)10-25-14-6-3-2-5-12(14)17(22-25)18(19,20)21/h9,15H,2-8,10H2,1H3/t15-/m1/s1. The number of carbonyl (C=O) groups excluding carboxylic acids is 1. The maximum absolute atomic E-state index is 13.3. The summed E-state index contributed by atoms with van der Waals surface area (Å²) in [6.45, 7) is 2.17. The second-order valence-electron chi connectivity index (χ2n) is 7.24. The molecule has 2 aromatic heterocycles. The number of hydrogen-bond donors (Lipinski definition) is 0. The summed E-state index contributed by atoms with van der Waals surface area (Å²) >= 11 is 0. The molecule has 9 heteroatoms. The van der Waals surface area contributed by atoms with E-state index < -0.39 is 11.9 Å². The van der Waals surface area contributed by atoms with Gasteiger partial charge in [-0.3, -0.25) is 9.48 Å². The quantitative estimate of drug-likeness (QED) is 0.816. The first-order chi connectivity index (χ1) is 12.8. The Labute approximate surface area is 154 Å². The number of alkyl halides is 3. The minimum atomic E-state index is -4.50. The fourth-order valence-electron chi connectivity index (χ4n) is 4.16. The van der Waals surface area contributed by atoms with Crippen molar-refractivity contribution in [1.29, 1.82) is 0 Å². The molecule has 1 saturated heterocycles. The number of hydrogen-bond acceptors (Lipinski definition) is 4. The van der Waals surface area contributed by atoms with Gasteiger partial charge in [-0.05, 0) is 45.4 Å². The van der Waals surface area contributed by atoms with Gasteiger partial charge in [0.05, 0.1) is 6.04 Å². The molecule has 0 radical (unpaired) electrons. The zero-order valence-corrected chi connectivity index (χ0v) is 15.1. The Kier molecular flexibility index (Phi) is 4.47. The molecule has 0 N–H and O–H groups in total. The molecule has 0 spiro atoms. The molecule has 27 heavy (non-hydrogen) atoms. The van der Waals surface area contributed by atoms with E-state index in [1.54, 1.807) is 17.9 Å². The number of halogens is 3. The second-order valence-corrected chi connectivity index (χ2v) is 7.24. The summed E-state index contributed by atoms with van der Waals surface area (Å²) in [6.07, 6.45) is -0.481. The molecule has 1 aliphatic heterocycles. The lowest BCUT2D eigenvalue weighted by Gasteiger charge is -2.23. The Hall–Kier alpha value is -2.32. The molecule has 146 valence electrons. The van der Waals surface area contributed by atoms with Crippen LogP contribution in [-0.4, -0.2) is 32.3 Å². The molecule has 2 aliphatic rings. The molecule has 1 fully saturated rings. The normalized spacial score (nSPS) is 20.1. The number of likely N-dealkylation sites (tertiary alicyclic amines) is 1. The molecule has 1 atom stereocenters. The number of rotatable bonds is 3. The number of amides is 1. The molecule has 0 unspecified atom stereocenters. The van der Waals surface area contributed by atoms with E-state index in [2.05, 4.69) is 10.3 Å². The first kappa shape index (κ1) is 18.1. The summed E-state index contributed by atoms with van der Waals surface area (Å²) < 4.78 is 46.3. The van der Waals surface area contributed by atoms with Crippen molar-refractivity contribution in [1.82, 2.24) is 19.8 Å². The van der Waals surface area contributed by atoms with Crippen LogP contribution >= 0.6 is 0 Å². The Morgan fingerprint density at radius 3 is 2.78 bits per heavy atom. The largest absolute Gasteiger partial charge is 0.435 e. The summed E-state index contributed by atoms with van der Waals surface area (Å²) in [5.41, 5.74) is 0.661. The lowest BCUT2D eigenvalue weighted by Crippen LogP contribution is -2.34. The lowest BCUT2D eigenvalue weighted by molar-refractivity contribution is -0.142. The van der Waals surface area contributed by atoms with Crippen LogP contribution in [0.5, 0.6) is 0 Å². The Bertz CT molecular complexity index is 855. The lowest BCUT2D eigenvalue weighted by atomic mass is 9.95. The molecule has 2 aromatic rings. The average Bonchev–Trinajstić information content (AvgIpc) is 3.32. The van der Waals surface area contributed by atoms with Crippen LogP contribution in [0.2, 0.25) is 0 Å². The number of fused-ring (bicyclic) bond motifs is 1. The van der Waals surface area contributed by atoms with Crippen molar-refractivity contribution in [2.24, 2.45) is 0 Å². The molecule has 1 amide bonds. The van der Waals surface area contributed by atoms with Crippen LogP contribution < -0.4 is 0 Å². The van der Waals surface area contributed by atoms with Gasteiger partial charge in [-0.1, -0.05) is 5.16 Å². The molecule has 0 bridgehead atoms. The highest BCUT2D eigenvalue weighted by Gasteiger charge is 2.40. The van der Waals surface area contributed by atoms with Gasteiger partial charge in [0.1, 0.15) is 18.0 Å². The summed E-state index contributed by atoms with van der Waals surface area (Å²) in [6, 6.07) is 1.61. The topological polar surface area (TPSA) is 64.2 Å². The van der Waals surface area contributed by atoms with E-state index in [1.165, 1.54) is 4.68 Å². The molecule has 6 nitrogen and oxygen atoms in total. The second kappa shape index (κ2) is 6.69. The van der Waals surface area contributed by atoms with Gasteiger partial charge in [0, 0.05) is 23.9 Å². The highest BCUT2D eigenvalue weighted by molar-refractivity contribution is 5.77. The minimum Gasteiger partial charge on any atom is -0.361 e. The molecule has 4 rings (SSSR count). The van der Waals surface area contributed by atoms with E-state index in [0.29, 0.717) is 36.5 Å². The van der Waals surface area contributed by atoms with Crippen molar-refractivity contribution in [3.8, 4) is 0 Å². The van der Waals surface area contributed by atoms with Crippen molar-refractivity contribution in [2.45, 2.75) is 64.2 Å². The molecule has 0 aromatic carbocycles. The van der Waals surface area contributed by atoms with Gasteiger partial charge in [0.25, 0.3) is 0 Å². The van der Waals surface area contributed by atoms with Crippen molar-refractivity contribution in [3.05, 3.63) is 34.5 Å². The first-order valence-electron chi connectivity index (χ1n) is 9.23. The summed E-state index contributed by atoms with van der Waals surface area (Å²) in [7, 11) is 0. The van der Waals surface area contributed by atoms with Crippen LogP contribution in [0.1, 0.15) is 60.1 Å². The predicted molar refractivity (Wildman–Crippen MR) is 88.8 cm³/mol. The van der Waals surface area contributed by atoms with Gasteiger partial charge in [-0.2, -0.15) is 18.3 Å². The van der Waals surface area contributed by atoms with Crippen molar-refractivity contribution < 1.29 is 22.5 Å². The van der Waals surface area contributed by atoms with Crippen LogP contribution in [0.15, 0.2) is 10.6 Å². The molecular formula is C18H21F3N4O2. The minimum absolute atomic E-state index is 0.175. The monoisotopic (exact) mass is 382 g/mol. The van der Waals surface area contributed by atoms with Gasteiger partial charge in [-0.15, -0.1) is 0 Å². The van der Waals surface area contributed by atoms with E-state index in [4.69, 9.17) is 4.52 Å².